The molecule has 2 aromatic rings. The zero-order valence-electron chi connectivity index (χ0n) is 17.3. The third-order valence-electron chi connectivity index (χ3n) is 4.10. The molecule has 2 aromatic carbocycles. The molecule has 0 radical (unpaired) electrons. The fourth-order valence-electron chi connectivity index (χ4n) is 2.68. The number of rotatable bonds is 9. The van der Waals surface area contributed by atoms with Crippen LogP contribution in [-0.2, 0) is 17.9 Å². The van der Waals surface area contributed by atoms with Crippen molar-refractivity contribution < 1.29 is 18.7 Å². The molecule has 0 aliphatic heterocycles. The number of alkyl halides is 1. The van der Waals surface area contributed by atoms with Crippen molar-refractivity contribution in [1.82, 2.24) is 4.90 Å². The molecule has 6 heteroatoms. The first-order valence-corrected chi connectivity index (χ1v) is 10.9. The van der Waals surface area contributed by atoms with Crippen LogP contribution in [0.2, 0.25) is 0 Å². The number of carbonyl (C=O) groups is 1. The van der Waals surface area contributed by atoms with Crippen LogP contribution in [0.5, 0.6) is 5.75 Å². The van der Waals surface area contributed by atoms with Crippen molar-refractivity contribution in [2.45, 2.75) is 52.4 Å². The van der Waals surface area contributed by atoms with Crippen molar-refractivity contribution in [3.05, 3.63) is 65.5 Å². The van der Waals surface area contributed by atoms with Gasteiger partial charge in [0.05, 0.1) is 6.54 Å². The second-order valence-electron chi connectivity index (χ2n) is 7.82. The summed E-state index contributed by atoms with van der Waals surface area (Å²) in [5, 5.41) is 0.895. The Hall–Kier alpha value is -2.08. The first kappa shape index (κ1) is 23.2. The molecule has 4 nitrogen and oxygen atoms in total. The second-order valence-corrected chi connectivity index (χ2v) is 8.61. The summed E-state index contributed by atoms with van der Waals surface area (Å²) in [6.45, 7) is 6.92. The predicted molar refractivity (Wildman–Crippen MR) is 117 cm³/mol. The Morgan fingerprint density at radius 3 is 2.41 bits per heavy atom. The number of hydrogen-bond donors (Lipinski definition) is 0. The van der Waals surface area contributed by atoms with Gasteiger partial charge in [0.25, 0.3) is 0 Å². The van der Waals surface area contributed by atoms with E-state index in [0.29, 0.717) is 25.4 Å². The smallest absolute Gasteiger partial charge is 0.410 e. The summed E-state index contributed by atoms with van der Waals surface area (Å²) in [7, 11) is 0. The lowest BCUT2D eigenvalue weighted by molar-refractivity contribution is 0.0230. The van der Waals surface area contributed by atoms with Crippen LogP contribution < -0.4 is 4.74 Å². The van der Waals surface area contributed by atoms with E-state index in [-0.39, 0.29) is 11.9 Å². The van der Waals surface area contributed by atoms with Gasteiger partial charge in [-0.05, 0) is 57.4 Å². The zero-order chi connectivity index (χ0) is 21.3. The van der Waals surface area contributed by atoms with Crippen molar-refractivity contribution >= 4 is 22.0 Å². The molecule has 1 amide bonds. The SMILES string of the molecule is CC(C)(C)OC(=O)N(CCCCBr)Cc1ccccc1OCc1ccc(F)cc1. The highest BCUT2D eigenvalue weighted by atomic mass is 79.9. The Balaban J connectivity index is 2.10. The van der Waals surface area contributed by atoms with Crippen molar-refractivity contribution in [2.75, 3.05) is 11.9 Å². The van der Waals surface area contributed by atoms with Crippen molar-refractivity contribution in [1.29, 1.82) is 0 Å². The second kappa shape index (κ2) is 11.2. The van der Waals surface area contributed by atoms with Gasteiger partial charge in [0.2, 0.25) is 0 Å². The molecule has 0 saturated heterocycles. The van der Waals surface area contributed by atoms with E-state index in [9.17, 15) is 9.18 Å². The number of carbonyl (C=O) groups excluding carboxylic acids is 1. The Morgan fingerprint density at radius 2 is 1.76 bits per heavy atom. The van der Waals surface area contributed by atoms with Crippen molar-refractivity contribution in [3.63, 3.8) is 0 Å². The number of hydrogen-bond acceptors (Lipinski definition) is 3. The predicted octanol–water partition coefficient (Wildman–Crippen LogP) is 6.32. The van der Waals surface area contributed by atoms with Crippen LogP contribution >= 0.6 is 15.9 Å². The molecule has 0 bridgehead atoms. The van der Waals surface area contributed by atoms with Gasteiger partial charge in [-0.2, -0.15) is 0 Å². The Labute approximate surface area is 181 Å². The van der Waals surface area contributed by atoms with Gasteiger partial charge in [-0.1, -0.05) is 46.3 Å². The van der Waals surface area contributed by atoms with Gasteiger partial charge < -0.3 is 14.4 Å². The minimum absolute atomic E-state index is 0.273. The number of nitrogens with zero attached hydrogens (tertiary/aromatic N) is 1. The molecule has 0 spiro atoms. The largest absolute Gasteiger partial charge is 0.489 e. The Morgan fingerprint density at radius 1 is 1.07 bits per heavy atom. The van der Waals surface area contributed by atoms with Crippen LogP contribution in [0.4, 0.5) is 9.18 Å². The summed E-state index contributed by atoms with van der Waals surface area (Å²) in [5.41, 5.74) is 1.23. The maximum absolute atomic E-state index is 13.1. The lowest BCUT2D eigenvalue weighted by Gasteiger charge is -2.28. The molecule has 0 aliphatic carbocycles. The fraction of sp³-hybridized carbons (Fsp3) is 0.435. The van der Waals surface area contributed by atoms with Crippen LogP contribution in [0.1, 0.15) is 44.7 Å². The molecule has 2 rings (SSSR count). The van der Waals surface area contributed by atoms with E-state index in [1.165, 1.54) is 12.1 Å². The monoisotopic (exact) mass is 465 g/mol. The summed E-state index contributed by atoms with van der Waals surface area (Å²) in [4.78, 5) is 14.4. The van der Waals surface area contributed by atoms with Gasteiger partial charge in [-0.3, -0.25) is 0 Å². The minimum Gasteiger partial charge on any atom is -0.489 e. The van der Waals surface area contributed by atoms with Crippen LogP contribution in [0.15, 0.2) is 48.5 Å². The lowest BCUT2D eigenvalue weighted by Crippen LogP contribution is -2.37. The van der Waals surface area contributed by atoms with E-state index in [4.69, 9.17) is 9.47 Å². The number of halogens is 2. The molecule has 0 heterocycles. The van der Waals surface area contributed by atoms with Crippen LogP contribution in [-0.4, -0.2) is 28.5 Å². The number of para-hydroxylation sites is 1. The summed E-state index contributed by atoms with van der Waals surface area (Å²) >= 11 is 3.43. The van der Waals surface area contributed by atoms with Crippen LogP contribution in [0, 0.1) is 5.82 Å². The van der Waals surface area contributed by atoms with E-state index in [0.717, 1.165) is 29.3 Å². The lowest BCUT2D eigenvalue weighted by atomic mass is 10.1. The Bertz CT molecular complexity index is 774. The highest BCUT2D eigenvalue weighted by Crippen LogP contribution is 2.23. The number of amides is 1. The maximum atomic E-state index is 13.1. The molecule has 0 saturated carbocycles. The maximum Gasteiger partial charge on any atom is 0.410 e. The fourth-order valence-corrected chi connectivity index (χ4v) is 3.08. The molecule has 0 fully saturated rings. The summed E-state index contributed by atoms with van der Waals surface area (Å²) < 4.78 is 24.6. The standard InChI is InChI=1S/C23H29BrFNO3/c1-23(2,3)29-22(27)26(15-7-6-14-24)16-19-8-4-5-9-21(19)28-17-18-10-12-20(25)13-11-18/h4-5,8-13H,6-7,14-17H2,1-3H3. The highest BCUT2D eigenvalue weighted by molar-refractivity contribution is 9.09. The van der Waals surface area contributed by atoms with Gasteiger partial charge in [-0.25, -0.2) is 9.18 Å². The molecule has 0 atom stereocenters. The molecule has 0 unspecified atom stereocenters. The van der Waals surface area contributed by atoms with Gasteiger partial charge in [0.1, 0.15) is 23.8 Å². The normalized spacial score (nSPS) is 11.2. The van der Waals surface area contributed by atoms with E-state index >= 15 is 0 Å². The number of unbranched alkanes of at least 4 members (excludes halogenated alkanes) is 1. The van der Waals surface area contributed by atoms with Crippen molar-refractivity contribution in [2.24, 2.45) is 0 Å². The van der Waals surface area contributed by atoms with Gasteiger partial charge in [-0.15, -0.1) is 0 Å². The number of benzene rings is 2. The van der Waals surface area contributed by atoms with Crippen molar-refractivity contribution in [3.8, 4) is 5.75 Å². The van der Waals surface area contributed by atoms with Gasteiger partial charge in [0.15, 0.2) is 0 Å². The summed E-state index contributed by atoms with van der Waals surface area (Å²) in [6.07, 6.45) is 1.52. The first-order chi connectivity index (χ1) is 13.8. The molecule has 29 heavy (non-hydrogen) atoms. The van der Waals surface area contributed by atoms with E-state index in [2.05, 4.69) is 15.9 Å². The van der Waals surface area contributed by atoms with E-state index in [1.54, 1.807) is 17.0 Å². The highest BCUT2D eigenvalue weighted by Gasteiger charge is 2.23. The molecule has 158 valence electrons. The molecular weight excluding hydrogens is 437 g/mol. The van der Waals surface area contributed by atoms with E-state index in [1.807, 2.05) is 45.0 Å². The third-order valence-corrected chi connectivity index (χ3v) is 4.67. The zero-order valence-corrected chi connectivity index (χ0v) is 18.9. The topological polar surface area (TPSA) is 38.8 Å². The summed E-state index contributed by atoms with van der Waals surface area (Å²) in [5.74, 6) is 0.427. The third kappa shape index (κ3) is 8.44. The average Bonchev–Trinajstić information content (AvgIpc) is 2.66. The van der Waals surface area contributed by atoms with Crippen LogP contribution in [0.25, 0.3) is 0 Å². The first-order valence-electron chi connectivity index (χ1n) is 9.77. The van der Waals surface area contributed by atoms with Gasteiger partial charge >= 0.3 is 6.09 Å². The summed E-state index contributed by atoms with van der Waals surface area (Å²) in [6, 6.07) is 13.9. The van der Waals surface area contributed by atoms with Crippen LogP contribution in [0.3, 0.4) is 0 Å². The minimum atomic E-state index is -0.552. The molecule has 0 N–H and O–H groups in total. The average molecular weight is 466 g/mol. The molecular formula is C23H29BrFNO3. The quantitative estimate of drug-likeness (QED) is 0.321. The van der Waals surface area contributed by atoms with Gasteiger partial charge in [0, 0.05) is 17.4 Å². The van der Waals surface area contributed by atoms with E-state index < -0.39 is 5.60 Å². The number of ether oxygens (including phenoxy) is 2. The molecule has 0 aliphatic rings. The Kier molecular flexibility index (Phi) is 8.96. The molecule has 0 aromatic heterocycles.